The van der Waals surface area contributed by atoms with Crippen molar-refractivity contribution in [2.45, 2.75) is 13.8 Å². The number of aliphatic hydroxyl groups is 1. The Bertz CT molecular complexity index is 86.4. The lowest BCUT2D eigenvalue weighted by Crippen LogP contribution is -1.63. The minimum absolute atomic E-state index is 0.345. The molecule has 40 valence electrons. The molecule has 7 heavy (non-hydrogen) atoms. The van der Waals surface area contributed by atoms with Gasteiger partial charge in [-0.3, -0.25) is 0 Å². The summed E-state index contributed by atoms with van der Waals surface area (Å²) < 4.78 is 0. The van der Waals surface area contributed by atoms with E-state index in [1.165, 1.54) is 0 Å². The van der Waals surface area contributed by atoms with Crippen molar-refractivity contribution in [1.29, 1.82) is 0 Å². The van der Waals surface area contributed by atoms with Crippen LogP contribution in [0, 0.1) is 0 Å². The van der Waals surface area contributed by atoms with E-state index in [4.69, 9.17) is 5.11 Å². The van der Waals surface area contributed by atoms with Crippen molar-refractivity contribution in [2.24, 2.45) is 0 Å². The van der Waals surface area contributed by atoms with Crippen LogP contribution in [0.4, 0.5) is 0 Å². The SMILES string of the molecule is C/C=C\C=C(\C)O. The Morgan fingerprint density at radius 2 is 2.14 bits per heavy atom. The molecule has 0 saturated carbocycles. The van der Waals surface area contributed by atoms with Gasteiger partial charge >= 0.3 is 0 Å². The second-order valence-corrected chi connectivity index (χ2v) is 1.33. The van der Waals surface area contributed by atoms with Gasteiger partial charge in [0.15, 0.2) is 0 Å². The highest BCUT2D eigenvalue weighted by Crippen LogP contribution is 1.83. The van der Waals surface area contributed by atoms with Gasteiger partial charge in [0.25, 0.3) is 0 Å². The van der Waals surface area contributed by atoms with E-state index in [0.717, 1.165) is 0 Å². The van der Waals surface area contributed by atoms with Crippen molar-refractivity contribution >= 4 is 0 Å². The Morgan fingerprint density at radius 1 is 1.57 bits per heavy atom. The topological polar surface area (TPSA) is 20.2 Å². The van der Waals surface area contributed by atoms with E-state index in [2.05, 4.69) is 0 Å². The summed E-state index contributed by atoms with van der Waals surface area (Å²) in [7, 11) is 0. The van der Waals surface area contributed by atoms with Crippen molar-refractivity contribution in [3.63, 3.8) is 0 Å². The lowest BCUT2D eigenvalue weighted by molar-refractivity contribution is 0.414. The molecule has 0 fully saturated rings. The fourth-order valence-corrected chi connectivity index (χ4v) is 0.235. The summed E-state index contributed by atoms with van der Waals surface area (Å²) in [6.45, 7) is 3.54. The number of allylic oxidation sites excluding steroid dienone is 4. The third-order valence-electron chi connectivity index (χ3n) is 0.530. The quantitative estimate of drug-likeness (QED) is 0.393. The van der Waals surface area contributed by atoms with Crippen LogP contribution in [0.2, 0.25) is 0 Å². The molecule has 0 bridgehead atoms. The number of hydrogen-bond donors (Lipinski definition) is 1. The fraction of sp³-hybridized carbons (Fsp3) is 0.333. The summed E-state index contributed by atoms with van der Waals surface area (Å²) in [5.74, 6) is 0.345. The molecule has 1 N–H and O–H groups in total. The molecule has 0 spiro atoms. The van der Waals surface area contributed by atoms with Crippen molar-refractivity contribution in [2.75, 3.05) is 0 Å². The zero-order chi connectivity index (χ0) is 5.70. The minimum atomic E-state index is 0.345. The highest BCUT2D eigenvalue weighted by molar-refractivity contribution is 5.03. The van der Waals surface area contributed by atoms with E-state index in [9.17, 15) is 0 Å². The zero-order valence-corrected chi connectivity index (χ0v) is 4.68. The minimum Gasteiger partial charge on any atom is -0.513 e. The molecule has 0 rings (SSSR count). The molecule has 0 atom stereocenters. The first-order chi connectivity index (χ1) is 3.27. The van der Waals surface area contributed by atoms with Crippen LogP contribution in [0.15, 0.2) is 24.0 Å². The first-order valence-corrected chi connectivity index (χ1v) is 2.26. The van der Waals surface area contributed by atoms with Gasteiger partial charge in [0.05, 0.1) is 5.76 Å². The molecule has 0 aliphatic rings. The van der Waals surface area contributed by atoms with E-state index in [1.54, 1.807) is 19.1 Å². The lowest BCUT2D eigenvalue weighted by Gasteiger charge is -1.78. The Labute approximate surface area is 44.0 Å². The van der Waals surface area contributed by atoms with Gasteiger partial charge in [0.1, 0.15) is 0 Å². The highest BCUT2D eigenvalue weighted by Gasteiger charge is 1.68. The van der Waals surface area contributed by atoms with E-state index in [0.29, 0.717) is 5.76 Å². The standard InChI is InChI=1S/C6H10O/c1-3-4-5-6(2)7/h3-5,7H,1-2H3/b4-3-,6-5-. The second-order valence-electron chi connectivity index (χ2n) is 1.33. The molecular formula is C6H10O. The summed E-state index contributed by atoms with van der Waals surface area (Å²) in [5.41, 5.74) is 0. The molecule has 0 aromatic carbocycles. The first kappa shape index (κ1) is 6.28. The number of hydrogen-bond acceptors (Lipinski definition) is 1. The molecule has 0 amide bonds. The molecular weight excluding hydrogens is 88.1 g/mol. The van der Waals surface area contributed by atoms with E-state index < -0.39 is 0 Å². The molecule has 0 unspecified atom stereocenters. The van der Waals surface area contributed by atoms with Crippen molar-refractivity contribution < 1.29 is 5.11 Å². The van der Waals surface area contributed by atoms with Gasteiger partial charge in [-0.05, 0) is 19.9 Å². The van der Waals surface area contributed by atoms with Gasteiger partial charge in [-0.15, -0.1) is 0 Å². The van der Waals surface area contributed by atoms with Gasteiger partial charge < -0.3 is 5.11 Å². The lowest BCUT2D eigenvalue weighted by atomic mass is 10.4. The summed E-state index contributed by atoms with van der Waals surface area (Å²) in [6.07, 6.45) is 5.29. The Hall–Kier alpha value is -0.720. The predicted octanol–water partition coefficient (Wildman–Crippen LogP) is 2.02. The smallest absolute Gasteiger partial charge is 0.0891 e. The predicted molar refractivity (Wildman–Crippen MR) is 31.2 cm³/mol. The number of rotatable bonds is 1. The van der Waals surface area contributed by atoms with Crippen LogP contribution in [0.5, 0.6) is 0 Å². The maximum atomic E-state index is 8.49. The second kappa shape index (κ2) is 3.47. The van der Waals surface area contributed by atoms with Gasteiger partial charge in [0, 0.05) is 0 Å². The molecule has 0 aromatic heterocycles. The summed E-state index contributed by atoms with van der Waals surface area (Å²) in [4.78, 5) is 0. The van der Waals surface area contributed by atoms with Crippen LogP contribution in [0.1, 0.15) is 13.8 Å². The van der Waals surface area contributed by atoms with Gasteiger partial charge in [-0.25, -0.2) is 0 Å². The van der Waals surface area contributed by atoms with Crippen LogP contribution in [-0.4, -0.2) is 5.11 Å². The van der Waals surface area contributed by atoms with Crippen LogP contribution < -0.4 is 0 Å². The van der Waals surface area contributed by atoms with E-state index in [-0.39, 0.29) is 0 Å². The molecule has 0 aliphatic heterocycles. The third-order valence-corrected chi connectivity index (χ3v) is 0.530. The third kappa shape index (κ3) is 5.28. The molecule has 0 heterocycles. The van der Waals surface area contributed by atoms with E-state index in [1.807, 2.05) is 13.0 Å². The highest BCUT2D eigenvalue weighted by atomic mass is 16.3. The average Bonchev–Trinajstić information content (AvgIpc) is 1.61. The summed E-state index contributed by atoms with van der Waals surface area (Å²) in [5, 5.41) is 8.49. The Morgan fingerprint density at radius 3 is 2.29 bits per heavy atom. The molecule has 1 heteroatoms. The Kier molecular flexibility index (Phi) is 3.11. The summed E-state index contributed by atoms with van der Waals surface area (Å²) in [6, 6.07) is 0. The first-order valence-electron chi connectivity index (χ1n) is 2.26. The zero-order valence-electron chi connectivity index (χ0n) is 4.68. The Balaban J connectivity index is 3.46. The van der Waals surface area contributed by atoms with Gasteiger partial charge in [-0.1, -0.05) is 12.2 Å². The fourth-order valence-electron chi connectivity index (χ4n) is 0.235. The average molecular weight is 98.1 g/mol. The molecule has 0 aromatic rings. The van der Waals surface area contributed by atoms with Crippen LogP contribution in [0.25, 0.3) is 0 Å². The molecule has 0 radical (unpaired) electrons. The van der Waals surface area contributed by atoms with Crippen molar-refractivity contribution in [3.8, 4) is 0 Å². The maximum Gasteiger partial charge on any atom is 0.0891 e. The van der Waals surface area contributed by atoms with Gasteiger partial charge in [-0.2, -0.15) is 0 Å². The van der Waals surface area contributed by atoms with Crippen molar-refractivity contribution in [1.82, 2.24) is 0 Å². The normalized spacial score (nSPS) is 13.1. The largest absolute Gasteiger partial charge is 0.513 e. The maximum absolute atomic E-state index is 8.49. The molecule has 0 aliphatic carbocycles. The van der Waals surface area contributed by atoms with Crippen LogP contribution >= 0.6 is 0 Å². The monoisotopic (exact) mass is 98.1 g/mol. The molecule has 1 nitrogen and oxygen atoms in total. The number of aliphatic hydroxyl groups excluding tert-OH is 1. The van der Waals surface area contributed by atoms with E-state index >= 15 is 0 Å². The summed E-state index contributed by atoms with van der Waals surface area (Å²) >= 11 is 0. The van der Waals surface area contributed by atoms with Crippen LogP contribution in [0.3, 0.4) is 0 Å². The molecule has 0 saturated heterocycles. The van der Waals surface area contributed by atoms with Gasteiger partial charge in [0.2, 0.25) is 0 Å². The van der Waals surface area contributed by atoms with Crippen LogP contribution in [-0.2, 0) is 0 Å². The van der Waals surface area contributed by atoms with Crippen molar-refractivity contribution in [3.05, 3.63) is 24.0 Å².